The summed E-state index contributed by atoms with van der Waals surface area (Å²) in [7, 11) is 0. The van der Waals surface area contributed by atoms with Crippen molar-refractivity contribution in [2.45, 2.75) is 12.5 Å². The first-order chi connectivity index (χ1) is 14.8. The van der Waals surface area contributed by atoms with Gasteiger partial charge in [-0.3, -0.25) is 9.69 Å². The molecule has 0 aliphatic carbocycles. The molecule has 5 nitrogen and oxygen atoms in total. The second-order valence-corrected chi connectivity index (χ2v) is 8.89. The Bertz CT molecular complexity index is 983. The summed E-state index contributed by atoms with van der Waals surface area (Å²) in [6, 6.07) is 19.0. The lowest BCUT2D eigenvalue weighted by Gasteiger charge is -2.39. The number of hydrogen-bond acceptors (Lipinski definition) is 5. The second-order valence-electron chi connectivity index (χ2n) is 7.89. The Balaban J connectivity index is 1.27. The lowest BCUT2D eigenvalue weighted by Crippen LogP contribution is -2.52. The SMILES string of the molecule is O=C(CN1CCc2sccc2[C@@H]1c1ccccc1)N1CCN(c2ccccn2)CC1. The summed E-state index contributed by atoms with van der Waals surface area (Å²) in [5, 5.41) is 2.18. The molecule has 0 saturated carbocycles. The molecular weight excluding hydrogens is 392 g/mol. The fourth-order valence-corrected chi connectivity index (χ4v) is 5.47. The van der Waals surface area contributed by atoms with Crippen LogP contribution in [0.5, 0.6) is 0 Å². The Kier molecular flexibility index (Phi) is 5.51. The van der Waals surface area contributed by atoms with E-state index in [0.717, 1.165) is 45.0 Å². The highest BCUT2D eigenvalue weighted by molar-refractivity contribution is 7.10. The quantitative estimate of drug-likeness (QED) is 0.651. The third-order valence-electron chi connectivity index (χ3n) is 6.13. The minimum atomic E-state index is 0.167. The molecule has 0 spiro atoms. The van der Waals surface area contributed by atoms with E-state index < -0.39 is 0 Å². The number of hydrogen-bond donors (Lipinski definition) is 0. The molecule has 6 heteroatoms. The number of nitrogens with zero attached hydrogens (tertiary/aromatic N) is 4. The minimum absolute atomic E-state index is 0.167. The third kappa shape index (κ3) is 3.85. The van der Waals surface area contributed by atoms with Crippen LogP contribution in [-0.2, 0) is 11.2 Å². The standard InChI is InChI=1S/C24H26N4OS/c29-23(27-15-13-26(14-16-27)22-8-4-5-11-25-22)18-28-12-9-21-20(10-17-30-21)24(28)19-6-2-1-3-7-19/h1-8,10-11,17,24H,9,12-16,18H2/t24-/m0/s1. The molecule has 0 N–H and O–H groups in total. The van der Waals surface area contributed by atoms with E-state index >= 15 is 0 Å². The summed E-state index contributed by atoms with van der Waals surface area (Å²) < 4.78 is 0. The van der Waals surface area contributed by atoms with Gasteiger partial charge in [-0.15, -0.1) is 11.3 Å². The highest BCUT2D eigenvalue weighted by Gasteiger charge is 2.32. The summed E-state index contributed by atoms with van der Waals surface area (Å²) in [6.45, 7) is 4.57. The Hall–Kier alpha value is -2.70. The predicted molar refractivity (Wildman–Crippen MR) is 121 cm³/mol. The van der Waals surface area contributed by atoms with Crippen LogP contribution in [0.3, 0.4) is 0 Å². The molecule has 3 aromatic rings. The molecule has 0 radical (unpaired) electrons. The normalized spacial score (nSPS) is 19.5. The maximum atomic E-state index is 13.2. The van der Waals surface area contributed by atoms with Gasteiger partial charge in [-0.1, -0.05) is 36.4 Å². The van der Waals surface area contributed by atoms with Gasteiger partial charge < -0.3 is 9.80 Å². The molecule has 1 aromatic carbocycles. The molecule has 2 aliphatic rings. The molecule has 0 bridgehead atoms. The van der Waals surface area contributed by atoms with Crippen LogP contribution in [0.25, 0.3) is 0 Å². The molecular formula is C24H26N4OS. The first kappa shape index (κ1) is 19.3. The van der Waals surface area contributed by atoms with Crippen LogP contribution in [0.2, 0.25) is 0 Å². The van der Waals surface area contributed by atoms with Crippen molar-refractivity contribution in [3.05, 3.63) is 82.2 Å². The van der Waals surface area contributed by atoms with Gasteiger partial charge in [-0.05, 0) is 41.1 Å². The lowest BCUT2D eigenvalue weighted by molar-refractivity contribution is -0.133. The van der Waals surface area contributed by atoms with Crippen molar-refractivity contribution in [3.63, 3.8) is 0 Å². The van der Waals surface area contributed by atoms with Gasteiger partial charge in [0.05, 0.1) is 12.6 Å². The first-order valence-corrected chi connectivity index (χ1v) is 11.5. The fraction of sp³-hybridized carbons (Fsp3) is 0.333. The Morgan fingerprint density at radius 3 is 2.53 bits per heavy atom. The van der Waals surface area contributed by atoms with Crippen LogP contribution in [0.1, 0.15) is 22.0 Å². The Labute approximate surface area is 181 Å². The monoisotopic (exact) mass is 418 g/mol. The van der Waals surface area contributed by atoms with Gasteiger partial charge in [0.2, 0.25) is 5.91 Å². The van der Waals surface area contributed by atoms with Crippen LogP contribution in [0.4, 0.5) is 5.82 Å². The van der Waals surface area contributed by atoms with Crippen molar-refractivity contribution in [1.82, 2.24) is 14.8 Å². The van der Waals surface area contributed by atoms with Crippen LogP contribution in [0.15, 0.2) is 66.2 Å². The van der Waals surface area contributed by atoms with Gasteiger partial charge in [0, 0.05) is 43.8 Å². The van der Waals surface area contributed by atoms with Crippen molar-refractivity contribution in [3.8, 4) is 0 Å². The topological polar surface area (TPSA) is 39.7 Å². The summed E-state index contributed by atoms with van der Waals surface area (Å²) in [4.78, 5) is 25.7. The maximum Gasteiger partial charge on any atom is 0.236 e. The Morgan fingerprint density at radius 2 is 1.77 bits per heavy atom. The van der Waals surface area contributed by atoms with Crippen molar-refractivity contribution in [2.75, 3.05) is 44.2 Å². The molecule has 2 aliphatic heterocycles. The number of aromatic nitrogens is 1. The molecule has 0 unspecified atom stereocenters. The van der Waals surface area contributed by atoms with Crippen molar-refractivity contribution < 1.29 is 4.79 Å². The van der Waals surface area contributed by atoms with Gasteiger partial charge >= 0.3 is 0 Å². The molecule has 2 aromatic heterocycles. The molecule has 4 heterocycles. The van der Waals surface area contributed by atoms with Crippen LogP contribution in [0, 0.1) is 0 Å². The zero-order chi connectivity index (χ0) is 20.3. The highest BCUT2D eigenvalue weighted by atomic mass is 32.1. The number of pyridine rings is 1. The fourth-order valence-electron chi connectivity index (χ4n) is 4.56. The van der Waals surface area contributed by atoms with Gasteiger partial charge in [-0.2, -0.15) is 0 Å². The largest absolute Gasteiger partial charge is 0.353 e. The number of benzene rings is 1. The average Bonchev–Trinajstić information content (AvgIpc) is 3.29. The highest BCUT2D eigenvalue weighted by Crippen LogP contribution is 2.37. The van der Waals surface area contributed by atoms with E-state index in [4.69, 9.17) is 0 Å². The summed E-state index contributed by atoms with van der Waals surface area (Å²) >= 11 is 1.84. The summed E-state index contributed by atoms with van der Waals surface area (Å²) in [6.07, 6.45) is 2.85. The Morgan fingerprint density at radius 1 is 0.967 bits per heavy atom. The maximum absolute atomic E-state index is 13.2. The van der Waals surface area contributed by atoms with E-state index in [-0.39, 0.29) is 11.9 Å². The zero-order valence-corrected chi connectivity index (χ0v) is 17.8. The number of fused-ring (bicyclic) bond motifs is 1. The molecule has 154 valence electrons. The number of thiophene rings is 1. The third-order valence-corrected chi connectivity index (χ3v) is 7.12. The lowest BCUT2D eigenvalue weighted by atomic mass is 9.93. The van der Waals surface area contributed by atoms with Crippen LogP contribution >= 0.6 is 11.3 Å². The van der Waals surface area contributed by atoms with Gasteiger partial charge in [0.15, 0.2) is 0 Å². The molecule has 1 fully saturated rings. The van der Waals surface area contributed by atoms with Crippen molar-refractivity contribution in [1.29, 1.82) is 0 Å². The molecule has 1 atom stereocenters. The van der Waals surface area contributed by atoms with Gasteiger partial charge in [0.25, 0.3) is 0 Å². The van der Waals surface area contributed by atoms with Crippen LogP contribution in [-0.4, -0.2) is 60.0 Å². The number of carbonyl (C=O) groups excluding carboxylic acids is 1. The smallest absolute Gasteiger partial charge is 0.236 e. The van der Waals surface area contributed by atoms with E-state index in [2.05, 4.69) is 56.6 Å². The molecule has 1 amide bonds. The molecule has 30 heavy (non-hydrogen) atoms. The summed E-state index contributed by atoms with van der Waals surface area (Å²) in [5.74, 6) is 1.23. The number of piperazine rings is 1. The minimum Gasteiger partial charge on any atom is -0.353 e. The van der Waals surface area contributed by atoms with Gasteiger partial charge in [0.1, 0.15) is 5.82 Å². The van der Waals surface area contributed by atoms with E-state index in [1.165, 1.54) is 16.0 Å². The summed E-state index contributed by atoms with van der Waals surface area (Å²) in [5.41, 5.74) is 2.63. The van der Waals surface area contributed by atoms with E-state index in [1.54, 1.807) is 0 Å². The van der Waals surface area contributed by atoms with E-state index in [9.17, 15) is 4.79 Å². The number of carbonyl (C=O) groups is 1. The van der Waals surface area contributed by atoms with Crippen molar-refractivity contribution in [2.24, 2.45) is 0 Å². The zero-order valence-electron chi connectivity index (χ0n) is 17.0. The number of rotatable bonds is 4. The number of anilines is 1. The predicted octanol–water partition coefficient (Wildman–Crippen LogP) is 3.44. The number of amides is 1. The first-order valence-electron chi connectivity index (χ1n) is 10.6. The van der Waals surface area contributed by atoms with E-state index in [0.29, 0.717) is 6.54 Å². The van der Waals surface area contributed by atoms with Crippen LogP contribution < -0.4 is 4.90 Å². The average molecular weight is 419 g/mol. The molecule has 1 saturated heterocycles. The molecule has 5 rings (SSSR count). The van der Waals surface area contributed by atoms with E-state index in [1.807, 2.05) is 40.6 Å². The van der Waals surface area contributed by atoms with Gasteiger partial charge in [-0.25, -0.2) is 4.98 Å². The van der Waals surface area contributed by atoms with Crippen molar-refractivity contribution >= 4 is 23.1 Å². The second kappa shape index (κ2) is 8.58.